The third kappa shape index (κ3) is 2.62. The topological polar surface area (TPSA) is 17.1 Å². The molecule has 0 spiro atoms. The van der Waals surface area contributed by atoms with Gasteiger partial charge in [0.25, 0.3) is 0 Å². The summed E-state index contributed by atoms with van der Waals surface area (Å²) in [6.45, 7) is 0. The molecule has 0 N–H and O–H groups in total. The normalized spacial score (nSPS) is 9.07. The van der Waals surface area contributed by atoms with Crippen LogP contribution in [0.1, 0.15) is 10.4 Å². The summed E-state index contributed by atoms with van der Waals surface area (Å²) in [5.74, 6) is 0. The Kier molecular flexibility index (Phi) is 4.43. The minimum atomic E-state index is 0. The second-order valence-electron chi connectivity index (χ2n) is 2.98. The molecule has 0 unspecified atom stereocenters. The van der Waals surface area contributed by atoms with E-state index in [9.17, 15) is 4.79 Å². The van der Waals surface area contributed by atoms with Crippen molar-refractivity contribution < 1.29 is 25.2 Å². The van der Waals surface area contributed by atoms with E-state index in [1.54, 1.807) is 0 Å². The minimum absolute atomic E-state index is 0. The fourth-order valence-electron chi connectivity index (χ4n) is 1.41. The average molecular weight is 288 g/mol. The molecule has 0 aliphatic heterocycles. The van der Waals surface area contributed by atoms with Crippen LogP contribution in [0.15, 0.2) is 48.5 Å². The summed E-state index contributed by atoms with van der Waals surface area (Å²) in [6.07, 6.45) is 0.871. The second kappa shape index (κ2) is 5.60. The zero-order chi connectivity index (χ0) is 9.80. The van der Waals surface area contributed by atoms with Crippen LogP contribution in [0.2, 0.25) is 0 Å². The van der Waals surface area contributed by atoms with Crippen LogP contribution in [0.4, 0.5) is 0 Å². The Morgan fingerprint density at radius 1 is 1.00 bits per heavy atom. The van der Waals surface area contributed by atoms with E-state index in [2.05, 4.69) is 6.07 Å². The molecule has 0 saturated carbocycles. The summed E-state index contributed by atoms with van der Waals surface area (Å²) in [5.41, 5.74) is 2.59. The molecule has 0 atom stereocenters. The van der Waals surface area contributed by atoms with Gasteiger partial charge in [0.2, 0.25) is 0 Å². The van der Waals surface area contributed by atoms with Gasteiger partial charge in [-0.2, -0.15) is 0 Å². The summed E-state index contributed by atoms with van der Waals surface area (Å²) < 4.78 is 0. The number of carbonyl (C=O) groups is 1. The number of benzene rings is 2. The van der Waals surface area contributed by atoms with Crippen molar-refractivity contribution in [1.82, 2.24) is 0 Å². The van der Waals surface area contributed by atoms with E-state index in [1.165, 1.54) is 0 Å². The molecule has 2 rings (SSSR count). The number of hydrogen-bond acceptors (Lipinski definition) is 1. The van der Waals surface area contributed by atoms with Gasteiger partial charge in [-0.05, 0) is 5.56 Å². The van der Waals surface area contributed by atoms with Gasteiger partial charge in [0, 0.05) is 20.4 Å². The Morgan fingerprint density at radius 2 is 1.73 bits per heavy atom. The third-order valence-corrected chi connectivity index (χ3v) is 2.09. The van der Waals surface area contributed by atoms with E-state index in [0.717, 1.165) is 17.4 Å². The van der Waals surface area contributed by atoms with Crippen LogP contribution >= 0.6 is 0 Å². The fraction of sp³-hybridized carbons (Fsp3) is 0. The molecule has 1 nitrogen and oxygen atoms in total. The Bertz CT molecular complexity index is 437. The molecule has 0 heterocycles. The molecule has 0 fully saturated rings. The molecule has 2 heteroatoms. The molecule has 0 bridgehead atoms. The van der Waals surface area contributed by atoms with Gasteiger partial charge in [-0.1, -0.05) is 29.8 Å². The molecule has 0 saturated heterocycles. The Hall–Kier alpha value is -1.23. The summed E-state index contributed by atoms with van der Waals surface area (Å²) >= 11 is 0. The zero-order valence-electron chi connectivity index (χ0n) is 7.92. The zero-order valence-corrected chi connectivity index (χ0v) is 9.48. The average Bonchev–Trinajstić information content (AvgIpc) is 2.30. The van der Waals surface area contributed by atoms with Gasteiger partial charge in [0.05, 0.1) is 0 Å². The quantitative estimate of drug-likeness (QED) is 0.471. The third-order valence-electron chi connectivity index (χ3n) is 2.09. The maximum absolute atomic E-state index is 10.8. The van der Waals surface area contributed by atoms with Crippen LogP contribution in [-0.2, 0) is 20.4 Å². The van der Waals surface area contributed by atoms with E-state index in [-0.39, 0.29) is 20.4 Å². The van der Waals surface area contributed by atoms with Crippen molar-refractivity contribution in [3.63, 3.8) is 0 Å². The molecular formula is C13H9OPd-. The fourth-order valence-corrected chi connectivity index (χ4v) is 1.41. The first-order chi connectivity index (χ1) is 6.92. The SMILES string of the molecule is O=Cc1ccccc1-c1[c-]cccc1.[Pd]. The van der Waals surface area contributed by atoms with E-state index in [1.807, 2.05) is 48.5 Å². The van der Waals surface area contributed by atoms with Crippen LogP contribution in [0.3, 0.4) is 0 Å². The Labute approximate surface area is 103 Å². The largest absolute Gasteiger partial charge is 0.299 e. The Balaban J connectivity index is 0.00000112. The van der Waals surface area contributed by atoms with E-state index < -0.39 is 0 Å². The van der Waals surface area contributed by atoms with Gasteiger partial charge in [-0.25, -0.2) is 0 Å². The number of hydrogen-bond donors (Lipinski definition) is 0. The van der Waals surface area contributed by atoms with E-state index in [4.69, 9.17) is 0 Å². The van der Waals surface area contributed by atoms with Gasteiger partial charge in [-0.3, -0.25) is 4.79 Å². The second-order valence-corrected chi connectivity index (χ2v) is 2.98. The van der Waals surface area contributed by atoms with Crippen LogP contribution < -0.4 is 0 Å². The summed E-state index contributed by atoms with van der Waals surface area (Å²) in [5, 5.41) is 0. The molecule has 2 aromatic carbocycles. The van der Waals surface area contributed by atoms with Crippen LogP contribution in [0.5, 0.6) is 0 Å². The predicted octanol–water partition coefficient (Wildman–Crippen LogP) is 2.96. The first-order valence-corrected chi connectivity index (χ1v) is 4.43. The van der Waals surface area contributed by atoms with Gasteiger partial charge in [-0.15, -0.1) is 35.9 Å². The van der Waals surface area contributed by atoms with Crippen LogP contribution in [0, 0.1) is 6.07 Å². The van der Waals surface area contributed by atoms with Crippen molar-refractivity contribution in [3.05, 3.63) is 60.2 Å². The van der Waals surface area contributed by atoms with Crippen molar-refractivity contribution in [2.45, 2.75) is 0 Å². The number of aldehydes is 1. The van der Waals surface area contributed by atoms with Gasteiger partial charge in [0.1, 0.15) is 6.29 Å². The van der Waals surface area contributed by atoms with Crippen molar-refractivity contribution >= 4 is 6.29 Å². The summed E-state index contributed by atoms with van der Waals surface area (Å²) in [7, 11) is 0. The molecule has 0 aliphatic rings. The molecular weight excluding hydrogens is 279 g/mol. The molecule has 0 aliphatic carbocycles. The molecule has 0 aromatic heterocycles. The molecule has 78 valence electrons. The molecule has 2 aromatic rings. The Morgan fingerprint density at radius 3 is 2.40 bits per heavy atom. The van der Waals surface area contributed by atoms with Gasteiger partial charge >= 0.3 is 0 Å². The molecule has 0 radical (unpaired) electrons. The number of carbonyl (C=O) groups excluding carboxylic acids is 1. The first kappa shape index (κ1) is 11.8. The van der Waals surface area contributed by atoms with E-state index >= 15 is 0 Å². The maximum Gasteiger partial charge on any atom is 0.141 e. The summed E-state index contributed by atoms with van der Waals surface area (Å²) in [6, 6.07) is 18.3. The van der Waals surface area contributed by atoms with Crippen molar-refractivity contribution in [2.24, 2.45) is 0 Å². The predicted molar refractivity (Wildman–Crippen MR) is 56.1 cm³/mol. The first-order valence-electron chi connectivity index (χ1n) is 4.43. The van der Waals surface area contributed by atoms with Crippen molar-refractivity contribution in [2.75, 3.05) is 0 Å². The van der Waals surface area contributed by atoms with Crippen LogP contribution in [0.25, 0.3) is 11.1 Å². The molecule has 0 amide bonds. The molecule has 15 heavy (non-hydrogen) atoms. The van der Waals surface area contributed by atoms with Crippen molar-refractivity contribution in [3.8, 4) is 11.1 Å². The minimum Gasteiger partial charge on any atom is -0.299 e. The van der Waals surface area contributed by atoms with E-state index in [0.29, 0.717) is 5.56 Å². The van der Waals surface area contributed by atoms with Crippen molar-refractivity contribution in [1.29, 1.82) is 0 Å². The number of rotatable bonds is 2. The standard InChI is InChI=1S/C13H9O.Pd/c14-10-12-8-4-5-9-13(12)11-6-2-1-3-7-11;/h1-6,8-10H;/q-1;. The van der Waals surface area contributed by atoms with Gasteiger partial charge in [0.15, 0.2) is 0 Å². The summed E-state index contributed by atoms with van der Waals surface area (Å²) in [4.78, 5) is 10.8. The van der Waals surface area contributed by atoms with Crippen LogP contribution in [-0.4, -0.2) is 6.29 Å². The monoisotopic (exact) mass is 287 g/mol. The van der Waals surface area contributed by atoms with Gasteiger partial charge < -0.3 is 0 Å². The smallest absolute Gasteiger partial charge is 0.141 e. The maximum atomic E-state index is 10.8.